The van der Waals surface area contributed by atoms with Gasteiger partial charge in [-0.05, 0) is 18.4 Å². The zero-order chi connectivity index (χ0) is 10.0. The summed E-state index contributed by atoms with van der Waals surface area (Å²) in [6.45, 7) is 0. The Bertz CT molecular complexity index is 354. The number of carboxylic acid groups (broad SMARTS) is 1. The average Bonchev–Trinajstić information content (AvgIpc) is 2.08. The van der Waals surface area contributed by atoms with Crippen LogP contribution < -0.4 is 0 Å². The third-order valence-corrected chi connectivity index (χ3v) is 2.41. The van der Waals surface area contributed by atoms with Gasteiger partial charge in [-0.1, -0.05) is 11.6 Å². The fourth-order valence-corrected chi connectivity index (χ4v) is 1.69. The summed E-state index contributed by atoms with van der Waals surface area (Å²) >= 11 is 6.72. The molecule has 1 rings (SSSR count). The van der Waals surface area contributed by atoms with Crippen LogP contribution in [0.4, 0.5) is 4.39 Å². The summed E-state index contributed by atoms with van der Waals surface area (Å²) in [7, 11) is 0. The number of carbonyl (C=O) groups is 1. The van der Waals surface area contributed by atoms with Gasteiger partial charge in [0.1, 0.15) is 0 Å². The second kappa shape index (κ2) is 3.98. The molecule has 0 unspecified atom stereocenters. The zero-order valence-corrected chi connectivity index (χ0v) is 8.25. The first-order chi connectivity index (χ1) is 6.06. The van der Waals surface area contributed by atoms with Crippen molar-refractivity contribution >= 4 is 29.3 Å². The van der Waals surface area contributed by atoms with Crippen LogP contribution in [0.2, 0.25) is 5.02 Å². The molecule has 0 heterocycles. The van der Waals surface area contributed by atoms with Crippen molar-refractivity contribution in [3.8, 4) is 0 Å². The van der Waals surface area contributed by atoms with E-state index < -0.39 is 17.3 Å². The quantitative estimate of drug-likeness (QED) is 0.779. The van der Waals surface area contributed by atoms with Crippen LogP contribution in [0, 0.1) is 5.82 Å². The van der Waals surface area contributed by atoms with Crippen LogP contribution in [0.3, 0.4) is 0 Å². The van der Waals surface area contributed by atoms with E-state index in [0.29, 0.717) is 0 Å². The highest BCUT2D eigenvalue weighted by Crippen LogP contribution is 2.26. The summed E-state index contributed by atoms with van der Waals surface area (Å²) in [6, 6.07) is 2.49. The maximum Gasteiger partial charge on any atom is 0.338 e. The van der Waals surface area contributed by atoms with Crippen molar-refractivity contribution in [2.24, 2.45) is 0 Å². The molecular weight excluding hydrogens is 215 g/mol. The van der Waals surface area contributed by atoms with Crippen LogP contribution >= 0.6 is 23.4 Å². The van der Waals surface area contributed by atoms with Crippen LogP contribution in [0.15, 0.2) is 17.0 Å². The van der Waals surface area contributed by atoms with E-state index in [1.165, 1.54) is 6.07 Å². The summed E-state index contributed by atoms with van der Waals surface area (Å²) < 4.78 is 13.2. The lowest BCUT2D eigenvalue weighted by molar-refractivity contribution is 0.0691. The minimum absolute atomic E-state index is 0.225. The van der Waals surface area contributed by atoms with Crippen molar-refractivity contribution in [1.82, 2.24) is 0 Å². The van der Waals surface area contributed by atoms with Crippen molar-refractivity contribution < 1.29 is 14.3 Å². The molecule has 0 atom stereocenters. The fourth-order valence-electron chi connectivity index (χ4n) is 0.868. The number of thioether (sulfide) groups is 1. The molecule has 0 aromatic heterocycles. The van der Waals surface area contributed by atoms with Crippen LogP contribution in [-0.2, 0) is 0 Å². The predicted octanol–water partition coefficient (Wildman–Crippen LogP) is 2.90. The number of benzene rings is 1. The molecule has 0 aliphatic rings. The summed E-state index contributed by atoms with van der Waals surface area (Å²) in [4.78, 5) is 10.8. The number of halogens is 2. The van der Waals surface area contributed by atoms with Crippen molar-refractivity contribution in [2.45, 2.75) is 4.90 Å². The van der Waals surface area contributed by atoms with Gasteiger partial charge in [0.2, 0.25) is 0 Å². The number of rotatable bonds is 2. The van der Waals surface area contributed by atoms with Gasteiger partial charge >= 0.3 is 5.97 Å². The van der Waals surface area contributed by atoms with Gasteiger partial charge in [0.05, 0.1) is 5.56 Å². The molecule has 0 radical (unpaired) electrons. The molecule has 0 saturated carbocycles. The number of carboxylic acids is 1. The highest BCUT2D eigenvalue weighted by molar-refractivity contribution is 7.98. The molecule has 1 aromatic carbocycles. The monoisotopic (exact) mass is 220 g/mol. The van der Waals surface area contributed by atoms with Gasteiger partial charge in [0.15, 0.2) is 5.82 Å². The zero-order valence-electron chi connectivity index (χ0n) is 6.67. The van der Waals surface area contributed by atoms with Crippen molar-refractivity contribution in [1.29, 1.82) is 0 Å². The van der Waals surface area contributed by atoms with E-state index in [4.69, 9.17) is 16.7 Å². The molecule has 1 N–H and O–H groups in total. The number of aromatic carboxylic acids is 1. The lowest BCUT2D eigenvalue weighted by Crippen LogP contribution is -2.01. The summed E-state index contributed by atoms with van der Waals surface area (Å²) in [5, 5.41) is 8.83. The lowest BCUT2D eigenvalue weighted by Gasteiger charge is -2.03. The Kier molecular flexibility index (Phi) is 3.17. The SMILES string of the molecule is CSc1cc(Cl)cc(C(=O)O)c1F. The van der Waals surface area contributed by atoms with E-state index in [-0.39, 0.29) is 9.92 Å². The highest BCUT2D eigenvalue weighted by atomic mass is 35.5. The maximum atomic E-state index is 13.2. The minimum atomic E-state index is -1.31. The van der Waals surface area contributed by atoms with Gasteiger partial charge in [0.25, 0.3) is 0 Å². The van der Waals surface area contributed by atoms with Crippen LogP contribution in [0.1, 0.15) is 10.4 Å². The number of hydrogen-bond donors (Lipinski definition) is 1. The first kappa shape index (κ1) is 10.3. The van der Waals surface area contributed by atoms with Crippen LogP contribution in [0.25, 0.3) is 0 Å². The molecule has 0 amide bonds. The molecule has 0 saturated heterocycles. The second-order valence-electron chi connectivity index (χ2n) is 2.27. The Morgan fingerprint density at radius 2 is 2.23 bits per heavy atom. The van der Waals surface area contributed by atoms with E-state index in [1.54, 1.807) is 6.26 Å². The predicted molar refractivity (Wildman–Crippen MR) is 50.2 cm³/mol. The summed E-state index contributed by atoms with van der Waals surface area (Å²) in [5.74, 6) is -2.04. The average molecular weight is 221 g/mol. The van der Waals surface area contributed by atoms with E-state index >= 15 is 0 Å². The van der Waals surface area contributed by atoms with Gasteiger partial charge in [-0.2, -0.15) is 0 Å². The fraction of sp³-hybridized carbons (Fsp3) is 0.125. The van der Waals surface area contributed by atoms with Gasteiger partial charge in [-0.25, -0.2) is 9.18 Å². The molecular formula is C8H6ClFO2S. The highest BCUT2D eigenvalue weighted by Gasteiger charge is 2.14. The molecule has 2 nitrogen and oxygen atoms in total. The largest absolute Gasteiger partial charge is 0.478 e. The van der Waals surface area contributed by atoms with E-state index in [1.807, 2.05) is 0 Å². The normalized spacial score (nSPS) is 10.1. The van der Waals surface area contributed by atoms with Gasteiger partial charge in [-0.3, -0.25) is 0 Å². The summed E-state index contributed by atoms with van der Waals surface area (Å²) in [6.07, 6.45) is 1.65. The van der Waals surface area contributed by atoms with Crippen molar-refractivity contribution in [3.63, 3.8) is 0 Å². The molecule has 0 spiro atoms. The van der Waals surface area contributed by atoms with Gasteiger partial charge < -0.3 is 5.11 Å². The Labute approximate surface area is 83.7 Å². The molecule has 70 valence electrons. The van der Waals surface area contributed by atoms with Gasteiger partial charge in [0, 0.05) is 9.92 Å². The Hall–Kier alpha value is -0.740. The first-order valence-corrected chi connectivity index (χ1v) is 4.93. The Morgan fingerprint density at radius 3 is 2.69 bits per heavy atom. The van der Waals surface area contributed by atoms with E-state index in [9.17, 15) is 9.18 Å². The lowest BCUT2D eigenvalue weighted by atomic mass is 10.2. The van der Waals surface area contributed by atoms with Crippen molar-refractivity contribution in [3.05, 3.63) is 28.5 Å². The molecule has 0 fully saturated rings. The Balaban J connectivity index is 3.35. The molecule has 0 aliphatic heterocycles. The van der Waals surface area contributed by atoms with Gasteiger partial charge in [-0.15, -0.1) is 11.8 Å². The van der Waals surface area contributed by atoms with E-state index in [2.05, 4.69) is 0 Å². The molecule has 5 heteroatoms. The molecule has 0 bridgehead atoms. The van der Waals surface area contributed by atoms with Crippen LogP contribution in [-0.4, -0.2) is 17.3 Å². The summed E-state index contributed by atoms with van der Waals surface area (Å²) in [5.41, 5.74) is -0.392. The third-order valence-electron chi connectivity index (χ3n) is 1.45. The second-order valence-corrected chi connectivity index (χ2v) is 3.56. The molecule has 13 heavy (non-hydrogen) atoms. The minimum Gasteiger partial charge on any atom is -0.478 e. The smallest absolute Gasteiger partial charge is 0.338 e. The molecule has 0 aliphatic carbocycles. The van der Waals surface area contributed by atoms with Crippen molar-refractivity contribution in [2.75, 3.05) is 6.26 Å². The third kappa shape index (κ3) is 2.14. The first-order valence-electron chi connectivity index (χ1n) is 3.32. The van der Waals surface area contributed by atoms with E-state index in [0.717, 1.165) is 17.8 Å². The standard InChI is InChI=1S/C8H6ClFO2S/c1-13-6-3-4(9)2-5(7(6)10)8(11)12/h2-3H,1H3,(H,11,12). The maximum absolute atomic E-state index is 13.2. The Morgan fingerprint density at radius 1 is 1.62 bits per heavy atom. The topological polar surface area (TPSA) is 37.3 Å². The number of hydrogen-bond acceptors (Lipinski definition) is 2. The van der Waals surface area contributed by atoms with Crippen LogP contribution in [0.5, 0.6) is 0 Å². The molecule has 1 aromatic rings.